The molecule has 0 saturated carbocycles. The van der Waals surface area contributed by atoms with Gasteiger partial charge in [-0.25, -0.2) is 9.79 Å². The molecule has 1 atom stereocenters. The van der Waals surface area contributed by atoms with Gasteiger partial charge in [-0.05, 0) is 50.6 Å². The van der Waals surface area contributed by atoms with Crippen molar-refractivity contribution in [1.29, 1.82) is 0 Å². The number of esters is 1. The molecule has 0 saturated heterocycles. The Balaban J connectivity index is 1.80. The summed E-state index contributed by atoms with van der Waals surface area (Å²) in [7, 11) is 3.09. The van der Waals surface area contributed by atoms with E-state index in [1.807, 2.05) is 37.3 Å². The van der Waals surface area contributed by atoms with Crippen molar-refractivity contribution in [2.75, 3.05) is 20.8 Å². The highest BCUT2D eigenvalue weighted by Gasteiger charge is 2.35. The summed E-state index contributed by atoms with van der Waals surface area (Å²) < 4.78 is 19.1. The zero-order chi connectivity index (χ0) is 27.1. The van der Waals surface area contributed by atoms with Gasteiger partial charge in [-0.3, -0.25) is 9.36 Å². The molecule has 10 heteroatoms. The van der Waals surface area contributed by atoms with Gasteiger partial charge < -0.3 is 19.2 Å². The van der Waals surface area contributed by atoms with Gasteiger partial charge in [0.15, 0.2) is 16.3 Å². The second kappa shape index (κ2) is 10.3. The molecular formula is C28H26BrN3O5S. The average Bonchev–Trinajstić information content (AvgIpc) is 3.38. The SMILES string of the molecule is CCOC(=O)C1=C(C)N=c2s/c(=C\c3c(C)[nH]c4ccccc34)c(=O)n2[C@@H]1c1cc(OC)c(OC)cc1Br. The number of thiazole rings is 1. The average molecular weight is 597 g/mol. The molecule has 5 rings (SSSR count). The van der Waals surface area contributed by atoms with Crippen molar-refractivity contribution in [1.82, 2.24) is 9.55 Å². The van der Waals surface area contributed by atoms with Crippen LogP contribution in [0.25, 0.3) is 17.0 Å². The first-order chi connectivity index (χ1) is 18.3. The zero-order valence-corrected chi connectivity index (χ0v) is 24.0. The summed E-state index contributed by atoms with van der Waals surface area (Å²) in [5.74, 6) is 0.464. The molecule has 1 aliphatic rings. The maximum Gasteiger partial charge on any atom is 0.338 e. The summed E-state index contributed by atoms with van der Waals surface area (Å²) >= 11 is 4.91. The van der Waals surface area contributed by atoms with E-state index >= 15 is 0 Å². The third-order valence-electron chi connectivity index (χ3n) is 6.53. The van der Waals surface area contributed by atoms with Crippen LogP contribution < -0.4 is 24.4 Å². The molecule has 2 aromatic heterocycles. The van der Waals surface area contributed by atoms with Crippen molar-refractivity contribution in [3.8, 4) is 11.5 Å². The number of rotatable bonds is 6. The maximum atomic E-state index is 14.0. The van der Waals surface area contributed by atoms with Crippen LogP contribution in [0.15, 0.2) is 61.9 Å². The number of H-pyrrole nitrogens is 1. The predicted molar refractivity (Wildman–Crippen MR) is 151 cm³/mol. The summed E-state index contributed by atoms with van der Waals surface area (Å²) in [5.41, 5.74) is 4.08. The highest BCUT2D eigenvalue weighted by atomic mass is 79.9. The lowest BCUT2D eigenvalue weighted by Crippen LogP contribution is -2.40. The largest absolute Gasteiger partial charge is 0.493 e. The second-order valence-electron chi connectivity index (χ2n) is 8.74. The lowest BCUT2D eigenvalue weighted by Gasteiger charge is -2.26. The van der Waals surface area contributed by atoms with Crippen LogP contribution >= 0.6 is 27.3 Å². The molecule has 1 aliphatic heterocycles. The number of benzene rings is 2. The molecular weight excluding hydrogens is 570 g/mol. The number of hydrogen-bond acceptors (Lipinski definition) is 7. The highest BCUT2D eigenvalue weighted by molar-refractivity contribution is 9.10. The van der Waals surface area contributed by atoms with E-state index in [9.17, 15) is 9.59 Å². The van der Waals surface area contributed by atoms with E-state index < -0.39 is 12.0 Å². The molecule has 38 heavy (non-hydrogen) atoms. The first-order valence-corrected chi connectivity index (χ1v) is 13.6. The number of nitrogens with zero attached hydrogens (tertiary/aromatic N) is 2. The molecule has 0 spiro atoms. The van der Waals surface area contributed by atoms with Crippen LogP contribution in [0, 0.1) is 6.92 Å². The molecule has 3 heterocycles. The van der Waals surface area contributed by atoms with Crippen LogP contribution in [-0.4, -0.2) is 36.3 Å². The highest BCUT2D eigenvalue weighted by Crippen LogP contribution is 2.40. The molecule has 8 nitrogen and oxygen atoms in total. The summed E-state index contributed by atoms with van der Waals surface area (Å²) in [4.78, 5) is 35.8. The van der Waals surface area contributed by atoms with Crippen molar-refractivity contribution < 1.29 is 19.0 Å². The fraction of sp³-hybridized carbons (Fsp3) is 0.250. The Morgan fingerprint density at radius 2 is 1.89 bits per heavy atom. The fourth-order valence-corrected chi connectivity index (χ4v) is 6.35. The Labute approximate surface area is 231 Å². The summed E-state index contributed by atoms with van der Waals surface area (Å²) in [6.07, 6.45) is 1.89. The van der Waals surface area contributed by atoms with Gasteiger partial charge in [0.1, 0.15) is 0 Å². The van der Waals surface area contributed by atoms with E-state index in [2.05, 4.69) is 25.9 Å². The summed E-state index contributed by atoms with van der Waals surface area (Å²) in [6.45, 7) is 5.68. The molecule has 2 aromatic carbocycles. The van der Waals surface area contributed by atoms with Gasteiger partial charge >= 0.3 is 5.97 Å². The zero-order valence-electron chi connectivity index (χ0n) is 21.5. The second-order valence-corrected chi connectivity index (χ2v) is 10.6. The third kappa shape index (κ3) is 4.27. The number of nitrogens with one attached hydrogen (secondary N) is 1. The van der Waals surface area contributed by atoms with Crippen LogP contribution in [0.1, 0.15) is 36.7 Å². The van der Waals surface area contributed by atoms with Crippen LogP contribution in [-0.2, 0) is 9.53 Å². The first kappa shape index (κ1) is 26.0. The number of methoxy groups -OCH3 is 2. The third-order valence-corrected chi connectivity index (χ3v) is 8.20. The van der Waals surface area contributed by atoms with Crippen LogP contribution in [0.3, 0.4) is 0 Å². The lowest BCUT2D eigenvalue weighted by atomic mass is 9.95. The Morgan fingerprint density at radius 1 is 1.18 bits per heavy atom. The van der Waals surface area contributed by atoms with Gasteiger partial charge in [0.2, 0.25) is 0 Å². The van der Waals surface area contributed by atoms with Gasteiger partial charge in [-0.1, -0.05) is 45.5 Å². The van der Waals surface area contributed by atoms with Gasteiger partial charge in [0, 0.05) is 26.6 Å². The number of aromatic amines is 1. The van der Waals surface area contributed by atoms with Crippen LogP contribution in [0.2, 0.25) is 0 Å². The number of halogens is 1. The normalized spacial score (nSPS) is 15.4. The smallest absolute Gasteiger partial charge is 0.338 e. The predicted octanol–water partition coefficient (Wildman–Crippen LogP) is 4.37. The molecule has 0 aliphatic carbocycles. The number of hydrogen-bond donors (Lipinski definition) is 1. The number of aryl methyl sites for hydroxylation is 1. The molecule has 0 bridgehead atoms. The van der Waals surface area contributed by atoms with E-state index in [-0.39, 0.29) is 12.2 Å². The maximum absolute atomic E-state index is 14.0. The van der Waals surface area contributed by atoms with Crippen LogP contribution in [0.5, 0.6) is 11.5 Å². The number of ether oxygens (including phenoxy) is 3. The number of carbonyl (C=O) groups excluding carboxylic acids is 1. The number of allylic oxidation sites excluding steroid dienone is 1. The number of aromatic nitrogens is 2. The van der Waals surface area contributed by atoms with E-state index in [4.69, 9.17) is 14.2 Å². The Hall–Kier alpha value is -3.63. The van der Waals surface area contributed by atoms with Crippen molar-refractivity contribution in [2.45, 2.75) is 26.8 Å². The monoisotopic (exact) mass is 595 g/mol. The van der Waals surface area contributed by atoms with Gasteiger partial charge in [-0.2, -0.15) is 0 Å². The molecule has 196 valence electrons. The van der Waals surface area contributed by atoms with Crippen molar-refractivity contribution >= 4 is 50.2 Å². The number of fused-ring (bicyclic) bond motifs is 2. The van der Waals surface area contributed by atoms with Crippen molar-refractivity contribution in [3.63, 3.8) is 0 Å². The molecule has 0 amide bonds. The lowest BCUT2D eigenvalue weighted by molar-refractivity contribution is -0.139. The van der Waals surface area contributed by atoms with E-state index in [1.54, 1.807) is 37.7 Å². The van der Waals surface area contributed by atoms with Gasteiger partial charge in [0.05, 0.1) is 42.7 Å². The number of para-hydroxylation sites is 1. The minimum Gasteiger partial charge on any atom is -0.493 e. The topological polar surface area (TPSA) is 94.9 Å². The molecule has 1 N–H and O–H groups in total. The van der Waals surface area contributed by atoms with Crippen molar-refractivity contribution in [2.24, 2.45) is 4.99 Å². The number of carbonyl (C=O) groups is 1. The van der Waals surface area contributed by atoms with Gasteiger partial charge in [-0.15, -0.1) is 0 Å². The minimum absolute atomic E-state index is 0.194. The fourth-order valence-electron chi connectivity index (χ4n) is 4.78. The van der Waals surface area contributed by atoms with E-state index in [0.29, 0.717) is 42.1 Å². The van der Waals surface area contributed by atoms with Crippen LogP contribution in [0.4, 0.5) is 0 Å². The molecule has 0 unspecified atom stereocenters. The first-order valence-electron chi connectivity index (χ1n) is 12.0. The minimum atomic E-state index is -0.786. The molecule has 0 fully saturated rings. The standard InChI is InChI=1S/C28H26BrN3O5S/c1-6-37-27(34)24-15(3)31-28-32(25(24)18-11-21(35-4)22(36-5)13-19(18)29)26(33)23(38-28)12-17-14(2)30-20-10-8-7-9-16(17)20/h7-13,25,30H,6H2,1-5H3/b23-12-/t25-/m1/s1. The summed E-state index contributed by atoms with van der Waals surface area (Å²) in [5, 5.41) is 1.03. The quantitative estimate of drug-likeness (QED) is 0.334. The molecule has 4 aromatic rings. The summed E-state index contributed by atoms with van der Waals surface area (Å²) in [6, 6.07) is 10.7. The Morgan fingerprint density at radius 3 is 2.61 bits per heavy atom. The van der Waals surface area contributed by atoms with E-state index in [1.165, 1.54) is 18.4 Å². The van der Waals surface area contributed by atoms with Gasteiger partial charge in [0.25, 0.3) is 5.56 Å². The Kier molecular flexibility index (Phi) is 7.02. The van der Waals surface area contributed by atoms with Crippen molar-refractivity contribution in [3.05, 3.63) is 88.6 Å². The van der Waals surface area contributed by atoms with E-state index in [0.717, 1.165) is 22.2 Å². The molecule has 0 radical (unpaired) electrons. The Bertz CT molecular complexity index is 1800.